The lowest BCUT2D eigenvalue weighted by Crippen LogP contribution is -2.09. The topological polar surface area (TPSA) is 46.2 Å². The molecule has 0 unspecified atom stereocenters. The molecule has 1 aromatic carbocycles. The highest BCUT2D eigenvalue weighted by molar-refractivity contribution is 6.03. The number of alkyl halides is 3. The van der Waals surface area contributed by atoms with Crippen LogP contribution in [0.4, 0.5) is 18.9 Å². The van der Waals surface area contributed by atoms with Gasteiger partial charge in [-0.1, -0.05) is 0 Å². The molecule has 0 atom stereocenters. The quantitative estimate of drug-likeness (QED) is 0.846. The van der Waals surface area contributed by atoms with Gasteiger partial charge >= 0.3 is 6.18 Å². The maximum Gasteiger partial charge on any atom is 0.416 e. The molecule has 0 aliphatic heterocycles. The van der Waals surface area contributed by atoms with E-state index in [1.807, 2.05) is 0 Å². The number of carbonyl (C=O) groups excluding carboxylic acids is 2. The number of carbonyl (C=O) groups is 2. The Morgan fingerprint density at radius 3 is 2.11 bits per heavy atom. The first-order chi connectivity index (χ1) is 8.29. The maximum absolute atomic E-state index is 12.3. The third kappa shape index (κ3) is 4.40. The summed E-state index contributed by atoms with van der Waals surface area (Å²) in [6.07, 6.45) is -2.32. The Balaban J connectivity index is 2.70. The second kappa shape index (κ2) is 5.48. The Morgan fingerprint density at radius 2 is 1.67 bits per heavy atom. The number of anilines is 1. The van der Waals surface area contributed by atoms with Gasteiger partial charge in [-0.05, 0) is 37.3 Å². The van der Waals surface area contributed by atoms with Crippen LogP contribution in [0.3, 0.4) is 0 Å². The van der Waals surface area contributed by atoms with E-state index in [4.69, 9.17) is 0 Å². The SMILES string of the molecule is CC(=O)/C=C/C(=O)Nc1ccc(C(F)(F)F)cc1. The molecule has 3 nitrogen and oxygen atoms in total. The van der Waals surface area contributed by atoms with Crippen molar-refractivity contribution in [1.29, 1.82) is 0 Å². The molecule has 0 aliphatic carbocycles. The summed E-state index contributed by atoms with van der Waals surface area (Å²) >= 11 is 0. The van der Waals surface area contributed by atoms with Crippen LogP contribution < -0.4 is 5.32 Å². The number of benzene rings is 1. The highest BCUT2D eigenvalue weighted by atomic mass is 19.4. The van der Waals surface area contributed by atoms with Gasteiger partial charge in [-0.2, -0.15) is 13.2 Å². The molecule has 0 aromatic heterocycles. The molecule has 0 radical (unpaired) electrons. The second-order valence-corrected chi connectivity index (χ2v) is 3.51. The molecule has 0 aliphatic rings. The lowest BCUT2D eigenvalue weighted by Gasteiger charge is -2.07. The molecule has 0 spiro atoms. The number of hydrogen-bond acceptors (Lipinski definition) is 2. The van der Waals surface area contributed by atoms with Crippen molar-refractivity contribution < 1.29 is 22.8 Å². The average Bonchev–Trinajstić information content (AvgIpc) is 2.26. The Bertz CT molecular complexity index is 475. The summed E-state index contributed by atoms with van der Waals surface area (Å²) in [7, 11) is 0. The van der Waals surface area contributed by atoms with Crippen molar-refractivity contribution in [3.8, 4) is 0 Å². The Morgan fingerprint density at radius 1 is 1.11 bits per heavy atom. The van der Waals surface area contributed by atoms with Crippen LogP contribution in [0.25, 0.3) is 0 Å². The number of nitrogens with one attached hydrogen (secondary N) is 1. The predicted octanol–water partition coefficient (Wildman–Crippen LogP) is 2.79. The van der Waals surface area contributed by atoms with Crippen LogP contribution in [-0.2, 0) is 15.8 Å². The fourth-order valence-electron chi connectivity index (χ4n) is 1.12. The maximum atomic E-state index is 12.3. The summed E-state index contributed by atoms with van der Waals surface area (Å²) in [4.78, 5) is 21.8. The highest BCUT2D eigenvalue weighted by Gasteiger charge is 2.29. The van der Waals surface area contributed by atoms with Crippen LogP contribution in [0.5, 0.6) is 0 Å². The summed E-state index contributed by atoms with van der Waals surface area (Å²) in [5.74, 6) is -0.873. The fraction of sp³-hybridized carbons (Fsp3) is 0.167. The minimum atomic E-state index is -4.41. The molecule has 96 valence electrons. The van der Waals surface area contributed by atoms with E-state index in [0.29, 0.717) is 0 Å². The number of allylic oxidation sites excluding steroid dienone is 1. The van der Waals surface area contributed by atoms with Crippen LogP contribution >= 0.6 is 0 Å². The van der Waals surface area contributed by atoms with E-state index in [2.05, 4.69) is 5.32 Å². The summed E-state index contributed by atoms with van der Waals surface area (Å²) in [5, 5.41) is 2.33. The van der Waals surface area contributed by atoms with Crippen LogP contribution in [0, 0.1) is 0 Å². The number of hydrogen-bond donors (Lipinski definition) is 1. The van der Waals surface area contributed by atoms with Crippen molar-refractivity contribution in [1.82, 2.24) is 0 Å². The predicted molar refractivity (Wildman–Crippen MR) is 59.9 cm³/mol. The highest BCUT2D eigenvalue weighted by Crippen LogP contribution is 2.29. The van der Waals surface area contributed by atoms with Gasteiger partial charge in [-0.25, -0.2) is 0 Å². The van der Waals surface area contributed by atoms with Crippen molar-refractivity contribution in [3.05, 3.63) is 42.0 Å². The van der Waals surface area contributed by atoms with Gasteiger partial charge in [0, 0.05) is 11.8 Å². The van der Waals surface area contributed by atoms with E-state index in [9.17, 15) is 22.8 Å². The first kappa shape index (κ1) is 14.0. The van der Waals surface area contributed by atoms with Gasteiger partial charge in [-0.3, -0.25) is 9.59 Å². The van der Waals surface area contributed by atoms with Crippen molar-refractivity contribution in [2.24, 2.45) is 0 Å². The average molecular weight is 257 g/mol. The molecule has 0 saturated carbocycles. The smallest absolute Gasteiger partial charge is 0.323 e. The standard InChI is InChI=1S/C12H10F3NO2/c1-8(17)2-7-11(18)16-10-5-3-9(4-6-10)12(13,14)15/h2-7H,1H3,(H,16,18)/b7-2+. The van der Waals surface area contributed by atoms with Crippen LogP contribution in [0.1, 0.15) is 12.5 Å². The molecular formula is C12H10F3NO2. The molecular weight excluding hydrogens is 247 g/mol. The molecule has 0 heterocycles. The zero-order valence-electron chi connectivity index (χ0n) is 9.41. The zero-order valence-corrected chi connectivity index (χ0v) is 9.41. The van der Waals surface area contributed by atoms with E-state index < -0.39 is 17.6 Å². The molecule has 0 saturated heterocycles. The number of rotatable bonds is 3. The number of ketones is 1. The van der Waals surface area contributed by atoms with Gasteiger partial charge in [0.05, 0.1) is 5.56 Å². The number of amides is 1. The van der Waals surface area contributed by atoms with E-state index in [-0.39, 0.29) is 11.5 Å². The van der Waals surface area contributed by atoms with Crippen molar-refractivity contribution in [2.45, 2.75) is 13.1 Å². The summed E-state index contributed by atoms with van der Waals surface area (Å²) in [6.45, 7) is 1.28. The molecule has 0 fully saturated rings. The lowest BCUT2D eigenvalue weighted by atomic mass is 10.2. The Hall–Kier alpha value is -2.11. The van der Waals surface area contributed by atoms with Gasteiger partial charge < -0.3 is 5.32 Å². The lowest BCUT2D eigenvalue weighted by molar-refractivity contribution is -0.137. The first-order valence-corrected chi connectivity index (χ1v) is 4.96. The van der Waals surface area contributed by atoms with Gasteiger partial charge in [0.15, 0.2) is 5.78 Å². The molecule has 1 rings (SSSR count). The first-order valence-electron chi connectivity index (χ1n) is 4.96. The van der Waals surface area contributed by atoms with Crippen LogP contribution in [0.2, 0.25) is 0 Å². The fourth-order valence-corrected chi connectivity index (χ4v) is 1.12. The van der Waals surface area contributed by atoms with Gasteiger partial charge in [0.25, 0.3) is 0 Å². The molecule has 1 amide bonds. The van der Waals surface area contributed by atoms with Gasteiger partial charge in [0.2, 0.25) is 5.91 Å². The van der Waals surface area contributed by atoms with E-state index in [0.717, 1.165) is 36.4 Å². The van der Waals surface area contributed by atoms with Crippen molar-refractivity contribution >= 4 is 17.4 Å². The Kier molecular flexibility index (Phi) is 4.25. The van der Waals surface area contributed by atoms with E-state index >= 15 is 0 Å². The minimum Gasteiger partial charge on any atom is -0.323 e. The third-order valence-electron chi connectivity index (χ3n) is 1.95. The largest absolute Gasteiger partial charge is 0.416 e. The number of halogens is 3. The molecule has 1 aromatic rings. The molecule has 1 N–H and O–H groups in total. The van der Waals surface area contributed by atoms with Crippen LogP contribution in [0.15, 0.2) is 36.4 Å². The summed E-state index contributed by atoms with van der Waals surface area (Å²) in [6, 6.07) is 4.01. The van der Waals surface area contributed by atoms with Crippen molar-refractivity contribution in [3.63, 3.8) is 0 Å². The normalized spacial score (nSPS) is 11.6. The second-order valence-electron chi connectivity index (χ2n) is 3.51. The van der Waals surface area contributed by atoms with Crippen molar-refractivity contribution in [2.75, 3.05) is 5.32 Å². The summed E-state index contributed by atoms with van der Waals surface area (Å²) in [5.41, 5.74) is -0.569. The monoisotopic (exact) mass is 257 g/mol. The molecule has 18 heavy (non-hydrogen) atoms. The third-order valence-corrected chi connectivity index (χ3v) is 1.95. The molecule has 0 bridgehead atoms. The van der Waals surface area contributed by atoms with Crippen LogP contribution in [-0.4, -0.2) is 11.7 Å². The Labute approximate surface area is 101 Å². The minimum absolute atomic E-state index is 0.223. The van der Waals surface area contributed by atoms with E-state index in [1.54, 1.807) is 0 Å². The van der Waals surface area contributed by atoms with E-state index in [1.165, 1.54) is 6.92 Å². The summed E-state index contributed by atoms with van der Waals surface area (Å²) < 4.78 is 36.8. The van der Waals surface area contributed by atoms with Gasteiger partial charge in [0.1, 0.15) is 0 Å². The molecule has 6 heteroatoms. The van der Waals surface area contributed by atoms with Gasteiger partial charge in [-0.15, -0.1) is 0 Å². The zero-order chi connectivity index (χ0) is 13.8.